The fraction of sp³-hybridized carbons (Fsp3) is 0.667. The molecule has 0 aliphatic carbocycles. The minimum absolute atomic E-state index is 0.00367. The minimum atomic E-state index is -0.208. The van der Waals surface area contributed by atoms with Gasteiger partial charge >= 0.3 is 0 Å². The van der Waals surface area contributed by atoms with E-state index in [4.69, 9.17) is 10.3 Å². The summed E-state index contributed by atoms with van der Waals surface area (Å²) in [5, 5.41) is 6.29. The third kappa shape index (κ3) is 7.51. The lowest BCUT2D eigenvalue weighted by Gasteiger charge is -2.21. The maximum atomic E-state index is 12.0. The fourth-order valence-electron chi connectivity index (χ4n) is 1.75. The number of aromatic nitrogens is 1. The molecule has 3 N–H and O–H groups in total. The summed E-state index contributed by atoms with van der Waals surface area (Å²) in [6.45, 7) is 6.51. The standard InChI is InChI=1S/C15H26N4O3S/c1-10(2)12(16)5-6-19(4)15(21)9-23-8-14(20)17-13-7-11(3)22-18-13/h7,10,12H,5-6,8-9,16H2,1-4H3,(H,17,18,20). The van der Waals surface area contributed by atoms with Crippen molar-refractivity contribution in [3.05, 3.63) is 11.8 Å². The van der Waals surface area contributed by atoms with Crippen LogP contribution >= 0.6 is 11.8 Å². The lowest BCUT2D eigenvalue weighted by atomic mass is 10.0. The van der Waals surface area contributed by atoms with Crippen LogP contribution in [-0.4, -0.2) is 53.0 Å². The molecule has 2 amide bonds. The lowest BCUT2D eigenvalue weighted by molar-refractivity contribution is -0.127. The van der Waals surface area contributed by atoms with Gasteiger partial charge in [-0.2, -0.15) is 0 Å². The van der Waals surface area contributed by atoms with E-state index in [0.29, 0.717) is 24.0 Å². The summed E-state index contributed by atoms with van der Waals surface area (Å²) >= 11 is 1.27. The SMILES string of the molecule is Cc1cc(NC(=O)CSCC(=O)N(C)CCC(N)C(C)C)no1. The monoisotopic (exact) mass is 342 g/mol. The normalized spacial score (nSPS) is 12.3. The largest absolute Gasteiger partial charge is 0.360 e. The molecule has 0 aliphatic heterocycles. The topological polar surface area (TPSA) is 101 Å². The van der Waals surface area contributed by atoms with Crippen molar-refractivity contribution >= 4 is 29.4 Å². The molecule has 0 radical (unpaired) electrons. The Kier molecular flexibility index (Phi) is 8.11. The van der Waals surface area contributed by atoms with Gasteiger partial charge < -0.3 is 20.5 Å². The Morgan fingerprint density at radius 3 is 2.70 bits per heavy atom. The molecule has 0 bridgehead atoms. The number of nitrogens with two attached hydrogens (primary N) is 1. The van der Waals surface area contributed by atoms with Gasteiger partial charge in [0.15, 0.2) is 5.82 Å². The van der Waals surface area contributed by atoms with E-state index >= 15 is 0 Å². The van der Waals surface area contributed by atoms with Crippen LogP contribution in [-0.2, 0) is 9.59 Å². The molecule has 0 saturated carbocycles. The average Bonchev–Trinajstić information content (AvgIpc) is 2.88. The number of hydrogen-bond acceptors (Lipinski definition) is 6. The quantitative estimate of drug-likeness (QED) is 0.705. The van der Waals surface area contributed by atoms with E-state index in [2.05, 4.69) is 24.3 Å². The van der Waals surface area contributed by atoms with Gasteiger partial charge in [0.1, 0.15) is 5.76 Å². The average molecular weight is 342 g/mol. The van der Waals surface area contributed by atoms with Crippen LogP contribution in [0.15, 0.2) is 10.6 Å². The number of rotatable bonds is 9. The van der Waals surface area contributed by atoms with Crippen LogP contribution < -0.4 is 11.1 Å². The van der Waals surface area contributed by atoms with Gasteiger partial charge in [0.2, 0.25) is 11.8 Å². The number of amides is 2. The van der Waals surface area contributed by atoms with Crippen molar-refractivity contribution in [2.75, 3.05) is 30.4 Å². The fourth-order valence-corrected chi connectivity index (χ4v) is 2.50. The first-order valence-electron chi connectivity index (χ1n) is 7.60. The molecule has 8 heteroatoms. The summed E-state index contributed by atoms with van der Waals surface area (Å²) in [7, 11) is 1.76. The van der Waals surface area contributed by atoms with Gasteiger partial charge in [-0.3, -0.25) is 9.59 Å². The first-order valence-corrected chi connectivity index (χ1v) is 8.75. The van der Waals surface area contributed by atoms with E-state index < -0.39 is 0 Å². The maximum absolute atomic E-state index is 12.0. The molecule has 130 valence electrons. The zero-order valence-corrected chi connectivity index (χ0v) is 15.0. The van der Waals surface area contributed by atoms with Crippen molar-refractivity contribution < 1.29 is 14.1 Å². The number of nitrogens with zero attached hydrogens (tertiary/aromatic N) is 2. The number of aryl methyl sites for hydroxylation is 1. The number of anilines is 1. The first kappa shape index (κ1) is 19.5. The van der Waals surface area contributed by atoms with Gasteiger partial charge in [0, 0.05) is 25.7 Å². The van der Waals surface area contributed by atoms with E-state index in [0.717, 1.165) is 6.42 Å². The van der Waals surface area contributed by atoms with Gasteiger partial charge in [-0.15, -0.1) is 11.8 Å². The van der Waals surface area contributed by atoms with E-state index in [1.165, 1.54) is 11.8 Å². The number of carbonyl (C=O) groups excluding carboxylic acids is 2. The van der Waals surface area contributed by atoms with Gasteiger partial charge in [-0.1, -0.05) is 19.0 Å². The van der Waals surface area contributed by atoms with Crippen LogP contribution in [0.5, 0.6) is 0 Å². The molecule has 0 aliphatic rings. The number of thioether (sulfide) groups is 1. The predicted molar refractivity (Wildman–Crippen MR) is 92.3 cm³/mol. The van der Waals surface area contributed by atoms with Gasteiger partial charge in [0.25, 0.3) is 0 Å². The Bertz CT molecular complexity index is 519. The molecule has 0 saturated heterocycles. The smallest absolute Gasteiger partial charge is 0.235 e. The Hall–Kier alpha value is -1.54. The molecule has 1 unspecified atom stereocenters. The number of carbonyl (C=O) groups is 2. The second kappa shape index (κ2) is 9.57. The molecule has 1 atom stereocenters. The second-order valence-corrected chi connectivity index (χ2v) is 6.86. The van der Waals surface area contributed by atoms with Crippen LogP contribution in [0.4, 0.5) is 5.82 Å². The molecular formula is C15H26N4O3S. The maximum Gasteiger partial charge on any atom is 0.235 e. The van der Waals surface area contributed by atoms with Crippen molar-refractivity contribution in [1.82, 2.24) is 10.1 Å². The summed E-state index contributed by atoms with van der Waals surface area (Å²) in [6, 6.07) is 1.73. The summed E-state index contributed by atoms with van der Waals surface area (Å²) in [4.78, 5) is 25.3. The molecule has 0 spiro atoms. The molecule has 0 fully saturated rings. The third-order valence-corrected chi connectivity index (χ3v) is 4.35. The van der Waals surface area contributed by atoms with Crippen molar-refractivity contribution in [1.29, 1.82) is 0 Å². The van der Waals surface area contributed by atoms with Crippen molar-refractivity contribution in [3.63, 3.8) is 0 Å². The van der Waals surface area contributed by atoms with E-state index in [1.807, 2.05) is 0 Å². The van der Waals surface area contributed by atoms with Gasteiger partial charge in [-0.05, 0) is 19.3 Å². The molecule has 1 rings (SSSR count). The molecular weight excluding hydrogens is 316 g/mol. The van der Waals surface area contributed by atoms with Crippen LogP contribution in [0.2, 0.25) is 0 Å². The second-order valence-electron chi connectivity index (χ2n) is 5.88. The molecule has 0 aromatic carbocycles. The van der Waals surface area contributed by atoms with Gasteiger partial charge in [0.05, 0.1) is 11.5 Å². The zero-order valence-electron chi connectivity index (χ0n) is 14.2. The summed E-state index contributed by atoms with van der Waals surface area (Å²) in [6.07, 6.45) is 0.774. The Balaban J connectivity index is 2.21. The highest BCUT2D eigenvalue weighted by molar-refractivity contribution is 8.00. The number of nitrogens with one attached hydrogen (secondary N) is 1. The summed E-state index contributed by atoms with van der Waals surface area (Å²) in [5.41, 5.74) is 5.97. The van der Waals surface area contributed by atoms with Crippen LogP contribution in [0.25, 0.3) is 0 Å². The van der Waals surface area contributed by atoms with Crippen LogP contribution in [0.1, 0.15) is 26.0 Å². The van der Waals surface area contributed by atoms with Crippen molar-refractivity contribution in [2.24, 2.45) is 11.7 Å². The molecule has 7 nitrogen and oxygen atoms in total. The molecule has 1 heterocycles. The first-order chi connectivity index (χ1) is 10.8. The van der Waals surface area contributed by atoms with Crippen molar-refractivity contribution in [3.8, 4) is 0 Å². The van der Waals surface area contributed by atoms with E-state index in [1.54, 1.807) is 24.9 Å². The van der Waals surface area contributed by atoms with Crippen LogP contribution in [0.3, 0.4) is 0 Å². The Morgan fingerprint density at radius 1 is 1.43 bits per heavy atom. The van der Waals surface area contributed by atoms with Crippen LogP contribution in [0, 0.1) is 12.8 Å². The summed E-state index contributed by atoms with van der Waals surface area (Å²) < 4.78 is 4.86. The Labute approximate surface area is 141 Å². The van der Waals surface area contributed by atoms with Gasteiger partial charge in [-0.25, -0.2) is 0 Å². The number of hydrogen-bond donors (Lipinski definition) is 2. The zero-order chi connectivity index (χ0) is 17.4. The van der Waals surface area contributed by atoms with E-state index in [-0.39, 0.29) is 29.4 Å². The predicted octanol–water partition coefficient (Wildman–Crippen LogP) is 1.49. The highest BCUT2D eigenvalue weighted by Crippen LogP contribution is 2.09. The third-order valence-electron chi connectivity index (χ3n) is 3.43. The highest BCUT2D eigenvalue weighted by atomic mass is 32.2. The molecule has 1 aromatic rings. The lowest BCUT2D eigenvalue weighted by Crippen LogP contribution is -2.35. The van der Waals surface area contributed by atoms with Crippen molar-refractivity contribution in [2.45, 2.75) is 33.2 Å². The molecule has 23 heavy (non-hydrogen) atoms. The highest BCUT2D eigenvalue weighted by Gasteiger charge is 2.14. The summed E-state index contributed by atoms with van der Waals surface area (Å²) in [5.74, 6) is 1.66. The van der Waals surface area contributed by atoms with E-state index in [9.17, 15) is 9.59 Å². The Morgan fingerprint density at radius 2 is 2.13 bits per heavy atom. The minimum Gasteiger partial charge on any atom is -0.360 e. The molecule has 1 aromatic heterocycles.